The highest BCUT2D eigenvalue weighted by Crippen LogP contribution is 2.12. The van der Waals surface area contributed by atoms with Gasteiger partial charge in [-0.05, 0) is 32.9 Å². The molecule has 78 valence electrons. The van der Waals surface area contributed by atoms with E-state index in [1.165, 1.54) is 0 Å². The number of rotatable bonds is 4. The van der Waals surface area contributed by atoms with Gasteiger partial charge in [0, 0.05) is 13.1 Å². The van der Waals surface area contributed by atoms with Crippen molar-refractivity contribution in [3.05, 3.63) is 0 Å². The average molecular weight is 206 g/mol. The lowest BCUT2D eigenvalue weighted by molar-refractivity contribution is 0.394. The Morgan fingerprint density at radius 3 is 2.69 bits per heavy atom. The first-order valence-corrected chi connectivity index (χ1v) is 6.34. The molecular weight excluding hydrogens is 188 g/mol. The number of likely N-dealkylation sites (tertiary alicyclic amines) is 1. The Kier molecular flexibility index (Phi) is 3.70. The van der Waals surface area contributed by atoms with Crippen LogP contribution < -0.4 is 4.72 Å². The first-order valence-electron chi connectivity index (χ1n) is 4.69. The van der Waals surface area contributed by atoms with Crippen LogP contribution in [0.15, 0.2) is 0 Å². The van der Waals surface area contributed by atoms with E-state index in [4.69, 9.17) is 0 Å². The zero-order chi connectivity index (χ0) is 9.90. The van der Waals surface area contributed by atoms with Crippen molar-refractivity contribution in [3.8, 4) is 0 Å². The molecule has 1 aliphatic rings. The predicted molar refractivity (Wildman–Crippen MR) is 53.1 cm³/mol. The predicted octanol–water partition coefficient (Wildman–Crippen LogP) is -0.123. The lowest BCUT2D eigenvalue weighted by Gasteiger charge is -2.10. The smallest absolute Gasteiger partial charge is 0.211 e. The molecule has 5 heteroatoms. The summed E-state index contributed by atoms with van der Waals surface area (Å²) in [6, 6.07) is 0. The molecule has 0 aliphatic carbocycles. The molecule has 0 aromatic heterocycles. The van der Waals surface area contributed by atoms with Gasteiger partial charge in [0.1, 0.15) is 0 Å². The molecule has 0 saturated carbocycles. The van der Waals surface area contributed by atoms with Crippen molar-refractivity contribution in [1.29, 1.82) is 0 Å². The van der Waals surface area contributed by atoms with Crippen LogP contribution in [0.4, 0.5) is 0 Å². The number of nitrogens with zero attached hydrogens (tertiary/aromatic N) is 1. The van der Waals surface area contributed by atoms with E-state index in [9.17, 15) is 8.42 Å². The van der Waals surface area contributed by atoms with Crippen LogP contribution in [0.5, 0.6) is 0 Å². The number of hydrogen-bond acceptors (Lipinski definition) is 3. The fraction of sp³-hybridized carbons (Fsp3) is 1.00. The van der Waals surface area contributed by atoms with Crippen molar-refractivity contribution < 1.29 is 8.42 Å². The van der Waals surface area contributed by atoms with Gasteiger partial charge in [-0.1, -0.05) is 0 Å². The van der Waals surface area contributed by atoms with Gasteiger partial charge in [-0.15, -0.1) is 0 Å². The van der Waals surface area contributed by atoms with E-state index in [1.54, 1.807) is 6.92 Å². The molecule has 0 aromatic carbocycles. The summed E-state index contributed by atoms with van der Waals surface area (Å²) in [4.78, 5) is 2.23. The van der Waals surface area contributed by atoms with Gasteiger partial charge in [-0.2, -0.15) is 0 Å². The lowest BCUT2D eigenvalue weighted by Crippen LogP contribution is -2.31. The molecule has 0 amide bonds. The molecule has 0 radical (unpaired) electrons. The van der Waals surface area contributed by atoms with Crippen molar-refractivity contribution in [2.45, 2.75) is 13.3 Å². The Balaban J connectivity index is 2.27. The second-order valence-electron chi connectivity index (χ2n) is 3.67. The molecule has 1 atom stereocenters. The van der Waals surface area contributed by atoms with E-state index in [0.717, 1.165) is 19.5 Å². The topological polar surface area (TPSA) is 49.4 Å². The summed E-state index contributed by atoms with van der Waals surface area (Å²) in [6.45, 7) is 4.34. The molecular formula is C8H18N2O2S. The van der Waals surface area contributed by atoms with Crippen LogP contribution in [0.2, 0.25) is 0 Å². The summed E-state index contributed by atoms with van der Waals surface area (Å²) in [6.07, 6.45) is 1.10. The molecule has 0 aromatic rings. The highest BCUT2D eigenvalue weighted by molar-refractivity contribution is 7.89. The van der Waals surface area contributed by atoms with E-state index >= 15 is 0 Å². The zero-order valence-electron chi connectivity index (χ0n) is 8.28. The molecule has 4 nitrogen and oxygen atoms in total. The Bertz CT molecular complexity index is 251. The third kappa shape index (κ3) is 3.62. The molecule has 1 rings (SSSR count). The molecule has 1 N–H and O–H groups in total. The number of nitrogens with one attached hydrogen (secondary N) is 1. The monoisotopic (exact) mass is 206 g/mol. The fourth-order valence-electron chi connectivity index (χ4n) is 1.54. The van der Waals surface area contributed by atoms with E-state index < -0.39 is 10.0 Å². The van der Waals surface area contributed by atoms with Crippen molar-refractivity contribution in [1.82, 2.24) is 9.62 Å². The minimum atomic E-state index is -2.99. The molecule has 1 heterocycles. The molecule has 0 bridgehead atoms. The van der Waals surface area contributed by atoms with Crippen LogP contribution >= 0.6 is 0 Å². The molecule has 1 saturated heterocycles. The van der Waals surface area contributed by atoms with Crippen LogP contribution in [0.25, 0.3) is 0 Å². The SMILES string of the molecule is CCS(=O)(=O)NCC1CCN(C)C1. The molecule has 1 fully saturated rings. The summed E-state index contributed by atoms with van der Waals surface area (Å²) < 4.78 is 24.8. The molecule has 0 spiro atoms. The largest absolute Gasteiger partial charge is 0.306 e. The summed E-state index contributed by atoms with van der Waals surface area (Å²) in [5, 5.41) is 0. The van der Waals surface area contributed by atoms with Crippen LogP contribution in [0.3, 0.4) is 0 Å². The van der Waals surface area contributed by atoms with Crippen molar-refractivity contribution >= 4 is 10.0 Å². The second-order valence-corrected chi connectivity index (χ2v) is 5.76. The van der Waals surface area contributed by atoms with Crippen LogP contribution in [0, 0.1) is 5.92 Å². The first kappa shape index (κ1) is 10.9. The van der Waals surface area contributed by atoms with Crippen molar-refractivity contribution in [2.24, 2.45) is 5.92 Å². The lowest BCUT2D eigenvalue weighted by atomic mass is 10.1. The van der Waals surface area contributed by atoms with E-state index in [1.807, 2.05) is 0 Å². The fourth-order valence-corrected chi connectivity index (χ4v) is 2.23. The zero-order valence-corrected chi connectivity index (χ0v) is 9.10. The van der Waals surface area contributed by atoms with Gasteiger partial charge in [-0.25, -0.2) is 13.1 Å². The van der Waals surface area contributed by atoms with Crippen molar-refractivity contribution in [2.75, 3.05) is 32.4 Å². The van der Waals surface area contributed by atoms with Gasteiger partial charge in [-0.3, -0.25) is 0 Å². The minimum absolute atomic E-state index is 0.176. The number of sulfonamides is 1. The Labute approximate surface area is 80.4 Å². The van der Waals surface area contributed by atoms with Gasteiger partial charge < -0.3 is 4.90 Å². The summed E-state index contributed by atoms with van der Waals surface area (Å²) in [5.41, 5.74) is 0. The van der Waals surface area contributed by atoms with Gasteiger partial charge in [0.05, 0.1) is 5.75 Å². The maximum absolute atomic E-state index is 11.1. The summed E-state index contributed by atoms with van der Waals surface area (Å²) >= 11 is 0. The maximum atomic E-state index is 11.1. The third-order valence-corrected chi connectivity index (χ3v) is 3.83. The normalized spacial score (nSPS) is 25.2. The first-order chi connectivity index (χ1) is 6.03. The Hall–Kier alpha value is -0.130. The third-order valence-electron chi connectivity index (χ3n) is 2.46. The van der Waals surface area contributed by atoms with Gasteiger partial charge in [0.15, 0.2) is 0 Å². The molecule has 1 unspecified atom stereocenters. The van der Waals surface area contributed by atoms with Gasteiger partial charge in [0.25, 0.3) is 0 Å². The minimum Gasteiger partial charge on any atom is -0.306 e. The van der Waals surface area contributed by atoms with E-state index in [2.05, 4.69) is 16.7 Å². The van der Waals surface area contributed by atoms with Gasteiger partial charge >= 0.3 is 0 Å². The van der Waals surface area contributed by atoms with Crippen LogP contribution in [0.1, 0.15) is 13.3 Å². The molecule has 1 aliphatic heterocycles. The maximum Gasteiger partial charge on any atom is 0.211 e. The average Bonchev–Trinajstić information content (AvgIpc) is 2.48. The quantitative estimate of drug-likeness (QED) is 0.697. The standard InChI is InChI=1S/C8H18N2O2S/c1-3-13(11,12)9-6-8-4-5-10(2)7-8/h8-9H,3-7H2,1-2H3. The van der Waals surface area contributed by atoms with E-state index in [0.29, 0.717) is 12.5 Å². The van der Waals surface area contributed by atoms with Gasteiger partial charge in [0.2, 0.25) is 10.0 Å². The Morgan fingerprint density at radius 1 is 1.54 bits per heavy atom. The van der Waals surface area contributed by atoms with Crippen LogP contribution in [-0.4, -0.2) is 45.8 Å². The summed E-state index contributed by atoms with van der Waals surface area (Å²) in [5.74, 6) is 0.668. The summed E-state index contributed by atoms with van der Waals surface area (Å²) in [7, 11) is -0.929. The second kappa shape index (κ2) is 4.39. The number of hydrogen-bond donors (Lipinski definition) is 1. The Morgan fingerprint density at radius 2 is 2.23 bits per heavy atom. The highest BCUT2D eigenvalue weighted by atomic mass is 32.2. The van der Waals surface area contributed by atoms with E-state index in [-0.39, 0.29) is 5.75 Å². The van der Waals surface area contributed by atoms with Crippen molar-refractivity contribution in [3.63, 3.8) is 0 Å². The van der Waals surface area contributed by atoms with Crippen LogP contribution in [-0.2, 0) is 10.0 Å². The highest BCUT2D eigenvalue weighted by Gasteiger charge is 2.20. The molecule has 13 heavy (non-hydrogen) atoms.